The van der Waals surface area contributed by atoms with Crippen LogP contribution >= 0.6 is 12.4 Å². The molecule has 1 aliphatic rings. The highest BCUT2D eigenvalue weighted by atomic mass is 35.5. The minimum atomic E-state index is -3.07. The molecular weight excluding hydrogens is 356 g/mol. The van der Waals surface area contributed by atoms with Crippen LogP contribution in [0.1, 0.15) is 46.5 Å². The molecule has 1 fully saturated rings. The summed E-state index contributed by atoms with van der Waals surface area (Å²) in [7, 11) is -3.07. The van der Waals surface area contributed by atoms with Crippen molar-refractivity contribution >= 4 is 34.1 Å². The van der Waals surface area contributed by atoms with Crippen molar-refractivity contribution in [3.63, 3.8) is 0 Å². The van der Waals surface area contributed by atoms with Crippen LogP contribution in [0.2, 0.25) is 0 Å². The van der Waals surface area contributed by atoms with Crippen LogP contribution in [0.3, 0.4) is 0 Å². The second-order valence-corrected chi connectivity index (χ2v) is 8.39. The largest absolute Gasteiger partial charge is 0.480 e. The zero-order valence-electron chi connectivity index (χ0n) is 14.5. The second-order valence-electron chi connectivity index (χ2n) is 6.16. The lowest BCUT2D eigenvalue weighted by molar-refractivity contribution is -0.141. The molecule has 0 bridgehead atoms. The van der Waals surface area contributed by atoms with E-state index in [9.17, 15) is 23.1 Å². The van der Waals surface area contributed by atoms with Gasteiger partial charge >= 0.3 is 5.97 Å². The quantitative estimate of drug-likeness (QED) is 0.616. The summed E-state index contributed by atoms with van der Waals surface area (Å²) in [4.78, 5) is 25.5. The lowest BCUT2D eigenvalue weighted by Crippen LogP contribution is -2.53. The molecule has 0 saturated carbocycles. The van der Waals surface area contributed by atoms with Crippen molar-refractivity contribution in [1.82, 2.24) is 10.2 Å². The maximum absolute atomic E-state index is 12.7. The fourth-order valence-corrected chi connectivity index (χ4v) is 4.65. The van der Waals surface area contributed by atoms with E-state index < -0.39 is 27.9 Å². The van der Waals surface area contributed by atoms with Crippen LogP contribution in [-0.2, 0) is 19.4 Å². The van der Waals surface area contributed by atoms with E-state index in [0.717, 1.165) is 6.42 Å². The molecule has 9 heteroatoms. The third-order valence-electron chi connectivity index (χ3n) is 4.09. The van der Waals surface area contributed by atoms with Gasteiger partial charge in [0.25, 0.3) is 0 Å². The highest BCUT2D eigenvalue weighted by Gasteiger charge is 2.36. The van der Waals surface area contributed by atoms with Crippen LogP contribution in [0.4, 0.5) is 0 Å². The van der Waals surface area contributed by atoms with Gasteiger partial charge in [-0.2, -0.15) is 0 Å². The van der Waals surface area contributed by atoms with E-state index in [-0.39, 0.29) is 35.9 Å². The number of halogens is 1. The summed E-state index contributed by atoms with van der Waals surface area (Å²) in [5.41, 5.74) is 0. The molecule has 0 aromatic rings. The number of sulfone groups is 1. The van der Waals surface area contributed by atoms with Crippen molar-refractivity contribution in [2.45, 2.75) is 64.6 Å². The average Bonchev–Trinajstić information content (AvgIpc) is 2.83. The SMILES string of the molecule is CCCC(NC(C)C(=O)N(CCC)C1CCS(=O)(=O)C1)C(=O)O.Cl. The van der Waals surface area contributed by atoms with Gasteiger partial charge in [-0.05, 0) is 26.2 Å². The van der Waals surface area contributed by atoms with Gasteiger partial charge in [-0.25, -0.2) is 8.42 Å². The minimum Gasteiger partial charge on any atom is -0.480 e. The molecule has 0 spiro atoms. The first kappa shape index (κ1) is 23.1. The van der Waals surface area contributed by atoms with E-state index in [1.165, 1.54) is 0 Å². The summed E-state index contributed by atoms with van der Waals surface area (Å²) in [6.07, 6.45) is 2.33. The maximum Gasteiger partial charge on any atom is 0.320 e. The minimum absolute atomic E-state index is 0. The standard InChI is InChI=1S/C15H28N2O5S.ClH/c1-4-6-13(15(19)20)16-11(3)14(18)17(8-5-2)12-7-9-23(21,22)10-12;/h11-13,16H,4-10H2,1-3H3,(H,19,20);1H. The fourth-order valence-electron chi connectivity index (χ4n) is 2.92. The Morgan fingerprint density at radius 3 is 2.33 bits per heavy atom. The maximum atomic E-state index is 12.7. The molecule has 0 aromatic carbocycles. The van der Waals surface area contributed by atoms with Gasteiger partial charge in [-0.1, -0.05) is 20.3 Å². The molecule has 0 radical (unpaired) electrons. The Morgan fingerprint density at radius 1 is 1.29 bits per heavy atom. The Morgan fingerprint density at radius 2 is 1.92 bits per heavy atom. The van der Waals surface area contributed by atoms with Gasteiger partial charge in [0.2, 0.25) is 5.91 Å². The molecule has 142 valence electrons. The van der Waals surface area contributed by atoms with Crippen LogP contribution < -0.4 is 5.32 Å². The zero-order valence-corrected chi connectivity index (χ0v) is 16.2. The Hall–Kier alpha value is -0.860. The molecular formula is C15H29ClN2O5S. The van der Waals surface area contributed by atoms with E-state index in [0.29, 0.717) is 25.8 Å². The molecule has 1 rings (SSSR count). The molecule has 3 atom stereocenters. The number of nitrogens with one attached hydrogen (secondary N) is 1. The highest BCUT2D eigenvalue weighted by molar-refractivity contribution is 7.91. The molecule has 24 heavy (non-hydrogen) atoms. The second kappa shape index (κ2) is 10.2. The van der Waals surface area contributed by atoms with Gasteiger partial charge in [0.15, 0.2) is 9.84 Å². The van der Waals surface area contributed by atoms with Crippen LogP contribution in [0.15, 0.2) is 0 Å². The van der Waals surface area contributed by atoms with Crippen molar-refractivity contribution in [2.75, 3.05) is 18.1 Å². The van der Waals surface area contributed by atoms with Gasteiger partial charge in [-0.15, -0.1) is 12.4 Å². The molecule has 7 nitrogen and oxygen atoms in total. The summed E-state index contributed by atoms with van der Waals surface area (Å²) < 4.78 is 23.3. The number of carbonyl (C=O) groups excluding carboxylic acids is 1. The third kappa shape index (κ3) is 6.57. The van der Waals surface area contributed by atoms with E-state index in [4.69, 9.17) is 0 Å². The summed E-state index contributed by atoms with van der Waals surface area (Å²) in [5.74, 6) is -1.09. The number of hydrogen-bond donors (Lipinski definition) is 2. The van der Waals surface area contributed by atoms with Crippen molar-refractivity contribution in [3.8, 4) is 0 Å². The zero-order chi connectivity index (χ0) is 17.6. The normalized spacial score (nSPS) is 21.5. The lowest BCUT2D eigenvalue weighted by atomic mass is 10.1. The number of amides is 1. The molecule has 1 aliphatic heterocycles. The smallest absolute Gasteiger partial charge is 0.320 e. The van der Waals surface area contributed by atoms with Crippen LogP contribution in [0.5, 0.6) is 0 Å². The Bertz CT molecular complexity index is 526. The van der Waals surface area contributed by atoms with Crippen molar-refractivity contribution < 1.29 is 23.1 Å². The van der Waals surface area contributed by atoms with Crippen molar-refractivity contribution in [2.24, 2.45) is 0 Å². The van der Waals surface area contributed by atoms with Crippen LogP contribution in [-0.4, -0.2) is 66.5 Å². The van der Waals surface area contributed by atoms with Crippen LogP contribution in [0.25, 0.3) is 0 Å². The van der Waals surface area contributed by atoms with E-state index in [2.05, 4.69) is 5.32 Å². The molecule has 0 aliphatic carbocycles. The van der Waals surface area contributed by atoms with Gasteiger partial charge in [-0.3, -0.25) is 14.9 Å². The number of carboxylic acids is 1. The van der Waals surface area contributed by atoms with Crippen LogP contribution in [0, 0.1) is 0 Å². The molecule has 3 unspecified atom stereocenters. The Balaban J connectivity index is 0.00000529. The number of nitrogens with zero attached hydrogens (tertiary/aromatic N) is 1. The highest BCUT2D eigenvalue weighted by Crippen LogP contribution is 2.19. The number of carbonyl (C=O) groups is 2. The first-order chi connectivity index (χ1) is 10.7. The van der Waals surface area contributed by atoms with Gasteiger partial charge in [0.1, 0.15) is 6.04 Å². The predicted molar refractivity (Wildman–Crippen MR) is 95.2 cm³/mol. The first-order valence-corrected chi connectivity index (χ1v) is 10.0. The third-order valence-corrected chi connectivity index (χ3v) is 5.84. The molecule has 1 saturated heterocycles. The summed E-state index contributed by atoms with van der Waals surface area (Å²) in [6.45, 7) is 5.94. The van der Waals surface area contributed by atoms with Crippen molar-refractivity contribution in [1.29, 1.82) is 0 Å². The molecule has 2 N–H and O–H groups in total. The average molecular weight is 385 g/mol. The summed E-state index contributed by atoms with van der Waals surface area (Å²) in [6, 6.07) is -1.72. The first-order valence-electron chi connectivity index (χ1n) is 8.21. The number of aliphatic carboxylic acids is 1. The van der Waals surface area contributed by atoms with Gasteiger partial charge in [0, 0.05) is 12.6 Å². The van der Waals surface area contributed by atoms with Crippen molar-refractivity contribution in [3.05, 3.63) is 0 Å². The number of rotatable bonds is 9. The number of hydrogen-bond acceptors (Lipinski definition) is 5. The molecule has 1 amide bonds. The van der Waals surface area contributed by atoms with E-state index >= 15 is 0 Å². The lowest BCUT2D eigenvalue weighted by Gasteiger charge is -2.31. The summed E-state index contributed by atoms with van der Waals surface area (Å²) in [5, 5.41) is 12.1. The summed E-state index contributed by atoms with van der Waals surface area (Å²) >= 11 is 0. The van der Waals surface area contributed by atoms with Gasteiger partial charge in [0.05, 0.1) is 17.5 Å². The molecule has 1 heterocycles. The predicted octanol–water partition coefficient (Wildman–Crippen LogP) is 1.07. The monoisotopic (exact) mass is 384 g/mol. The topological polar surface area (TPSA) is 104 Å². The number of carboxylic acid groups (broad SMARTS) is 1. The Labute approximate surface area is 150 Å². The van der Waals surface area contributed by atoms with Gasteiger partial charge < -0.3 is 10.0 Å². The Kier molecular flexibility index (Phi) is 9.84. The van der Waals surface area contributed by atoms with E-state index in [1.807, 2.05) is 13.8 Å². The fraction of sp³-hybridized carbons (Fsp3) is 0.867. The van der Waals surface area contributed by atoms with E-state index in [1.54, 1.807) is 11.8 Å². The molecule has 0 aromatic heterocycles.